The Kier molecular flexibility index (Phi) is 3.47. The molecular formula is C17H15ClN2O3. The molecule has 0 unspecified atom stereocenters. The highest BCUT2D eigenvalue weighted by molar-refractivity contribution is 6.31. The smallest absolute Gasteiger partial charge is 0.269 e. The van der Waals surface area contributed by atoms with Crippen molar-refractivity contribution in [2.24, 2.45) is 5.92 Å². The molecular weight excluding hydrogens is 316 g/mol. The van der Waals surface area contributed by atoms with Gasteiger partial charge in [0.15, 0.2) is 0 Å². The molecule has 2 aromatic carbocycles. The van der Waals surface area contributed by atoms with Crippen LogP contribution in [0.2, 0.25) is 5.02 Å². The van der Waals surface area contributed by atoms with Crippen molar-refractivity contribution in [1.29, 1.82) is 0 Å². The van der Waals surface area contributed by atoms with E-state index in [1.807, 2.05) is 24.3 Å². The van der Waals surface area contributed by atoms with Gasteiger partial charge in [-0.2, -0.15) is 0 Å². The second-order valence-electron chi connectivity index (χ2n) is 5.92. The lowest BCUT2D eigenvalue weighted by Crippen LogP contribution is -2.29. The maximum absolute atomic E-state index is 11.0. The summed E-state index contributed by atoms with van der Waals surface area (Å²) in [4.78, 5) is 10.7. The lowest BCUT2D eigenvalue weighted by Gasteiger charge is -2.36. The molecule has 0 aliphatic carbocycles. The largest absolute Gasteiger partial charge is 0.377 e. The number of benzene rings is 2. The van der Waals surface area contributed by atoms with Gasteiger partial charge in [-0.05, 0) is 24.1 Å². The van der Waals surface area contributed by atoms with E-state index in [0.717, 1.165) is 28.3 Å². The van der Waals surface area contributed by atoms with Crippen LogP contribution in [0.4, 0.5) is 11.4 Å². The quantitative estimate of drug-likeness (QED) is 0.650. The number of nitrogens with one attached hydrogen (secondary N) is 1. The van der Waals surface area contributed by atoms with Crippen LogP contribution in [0, 0.1) is 16.0 Å². The number of nitrogens with zero attached hydrogens (tertiary/aromatic N) is 1. The molecule has 2 aromatic rings. The van der Waals surface area contributed by atoms with Gasteiger partial charge < -0.3 is 10.1 Å². The minimum absolute atomic E-state index is 0.0464. The van der Waals surface area contributed by atoms with Crippen molar-refractivity contribution >= 4 is 23.0 Å². The first-order chi connectivity index (χ1) is 11.1. The maximum atomic E-state index is 11.0. The van der Waals surface area contributed by atoms with Crippen LogP contribution in [0.25, 0.3) is 0 Å². The Morgan fingerprint density at radius 2 is 2.04 bits per heavy atom. The van der Waals surface area contributed by atoms with E-state index < -0.39 is 0 Å². The molecule has 0 radical (unpaired) electrons. The minimum Gasteiger partial charge on any atom is -0.377 e. The molecule has 0 aromatic heterocycles. The predicted octanol–water partition coefficient (Wildman–Crippen LogP) is 4.49. The first-order valence-corrected chi connectivity index (χ1v) is 7.94. The van der Waals surface area contributed by atoms with E-state index in [1.165, 1.54) is 6.07 Å². The number of hydrogen-bond donors (Lipinski definition) is 1. The monoisotopic (exact) mass is 330 g/mol. The fourth-order valence-electron chi connectivity index (χ4n) is 3.61. The zero-order valence-electron chi connectivity index (χ0n) is 12.2. The second-order valence-corrected chi connectivity index (χ2v) is 6.32. The summed E-state index contributed by atoms with van der Waals surface area (Å²) in [6, 6.07) is 12.7. The van der Waals surface area contributed by atoms with E-state index in [4.69, 9.17) is 16.3 Å². The Morgan fingerprint density at radius 3 is 2.83 bits per heavy atom. The first-order valence-electron chi connectivity index (χ1n) is 7.56. The number of nitro groups is 1. The maximum Gasteiger partial charge on any atom is 0.269 e. The van der Waals surface area contributed by atoms with Crippen LogP contribution in [-0.4, -0.2) is 11.5 Å². The Bertz CT molecular complexity index is 780. The fraction of sp³-hybridized carbons (Fsp3) is 0.294. The summed E-state index contributed by atoms with van der Waals surface area (Å²) in [5.74, 6) is 0.212. The summed E-state index contributed by atoms with van der Waals surface area (Å²) < 4.78 is 5.90. The zero-order valence-corrected chi connectivity index (χ0v) is 13.0. The molecule has 0 bridgehead atoms. The van der Waals surface area contributed by atoms with Crippen molar-refractivity contribution in [3.63, 3.8) is 0 Å². The van der Waals surface area contributed by atoms with Crippen LogP contribution >= 0.6 is 11.6 Å². The van der Waals surface area contributed by atoms with E-state index in [-0.39, 0.29) is 28.7 Å². The van der Waals surface area contributed by atoms with Crippen LogP contribution in [0.1, 0.15) is 29.7 Å². The third-order valence-corrected chi connectivity index (χ3v) is 5.01. The molecule has 23 heavy (non-hydrogen) atoms. The number of ether oxygens (including phenoxy) is 1. The predicted molar refractivity (Wildman–Crippen MR) is 87.7 cm³/mol. The van der Waals surface area contributed by atoms with Gasteiger partial charge >= 0.3 is 0 Å². The topological polar surface area (TPSA) is 64.4 Å². The summed E-state index contributed by atoms with van der Waals surface area (Å²) >= 11 is 6.37. The molecule has 5 nitrogen and oxygen atoms in total. The van der Waals surface area contributed by atoms with E-state index in [2.05, 4.69) is 5.32 Å². The zero-order chi connectivity index (χ0) is 16.0. The highest BCUT2D eigenvalue weighted by atomic mass is 35.5. The third-order valence-electron chi connectivity index (χ3n) is 4.67. The molecule has 118 valence electrons. The van der Waals surface area contributed by atoms with Crippen molar-refractivity contribution in [2.45, 2.75) is 18.6 Å². The number of hydrogen-bond acceptors (Lipinski definition) is 4. The lowest BCUT2D eigenvalue weighted by atomic mass is 9.81. The number of non-ortho nitro benzene ring substituents is 1. The van der Waals surface area contributed by atoms with Crippen molar-refractivity contribution < 1.29 is 9.66 Å². The summed E-state index contributed by atoms with van der Waals surface area (Å²) in [6.07, 6.45) is 0.766. The van der Waals surface area contributed by atoms with E-state index in [9.17, 15) is 10.1 Å². The summed E-state index contributed by atoms with van der Waals surface area (Å²) in [5.41, 5.74) is 2.88. The molecule has 0 spiro atoms. The Labute approximate surface area is 138 Å². The lowest BCUT2D eigenvalue weighted by molar-refractivity contribution is -0.385. The molecule has 2 aliphatic heterocycles. The van der Waals surface area contributed by atoms with E-state index >= 15 is 0 Å². The van der Waals surface area contributed by atoms with Gasteiger partial charge in [0.05, 0.1) is 17.1 Å². The molecule has 2 heterocycles. The average molecular weight is 331 g/mol. The minimum atomic E-state index is -0.371. The Hall–Kier alpha value is -2.11. The van der Waals surface area contributed by atoms with Gasteiger partial charge in [0, 0.05) is 40.9 Å². The molecule has 1 N–H and O–H groups in total. The van der Waals surface area contributed by atoms with Gasteiger partial charge in [0.2, 0.25) is 0 Å². The van der Waals surface area contributed by atoms with Crippen molar-refractivity contribution in [3.8, 4) is 0 Å². The Morgan fingerprint density at radius 1 is 1.22 bits per heavy atom. The number of rotatable bonds is 2. The normalized spacial score (nSPS) is 25.3. The summed E-state index contributed by atoms with van der Waals surface area (Å²) in [6.45, 7) is 0.653. The molecule has 1 saturated heterocycles. The molecule has 0 saturated carbocycles. The summed E-state index contributed by atoms with van der Waals surface area (Å²) in [5, 5.41) is 15.3. The highest BCUT2D eigenvalue weighted by Crippen LogP contribution is 2.51. The number of anilines is 1. The van der Waals surface area contributed by atoms with Crippen LogP contribution in [0.5, 0.6) is 0 Å². The number of halogens is 1. The molecule has 0 amide bonds. The van der Waals surface area contributed by atoms with Crippen LogP contribution in [0.15, 0.2) is 42.5 Å². The van der Waals surface area contributed by atoms with Crippen LogP contribution in [-0.2, 0) is 4.74 Å². The Balaban J connectivity index is 1.79. The number of fused-ring (bicyclic) bond motifs is 3. The van der Waals surface area contributed by atoms with Gasteiger partial charge in [-0.1, -0.05) is 29.8 Å². The van der Waals surface area contributed by atoms with Crippen molar-refractivity contribution in [2.75, 3.05) is 11.9 Å². The third kappa shape index (κ3) is 2.36. The van der Waals surface area contributed by atoms with Gasteiger partial charge in [0.1, 0.15) is 0 Å². The second kappa shape index (κ2) is 5.51. The average Bonchev–Trinajstić information content (AvgIpc) is 3.04. The first kappa shape index (κ1) is 14.5. The molecule has 3 atom stereocenters. The van der Waals surface area contributed by atoms with Crippen molar-refractivity contribution in [1.82, 2.24) is 0 Å². The van der Waals surface area contributed by atoms with Crippen LogP contribution < -0.4 is 5.32 Å². The van der Waals surface area contributed by atoms with Crippen LogP contribution in [0.3, 0.4) is 0 Å². The van der Waals surface area contributed by atoms with Gasteiger partial charge in [-0.3, -0.25) is 10.1 Å². The fourth-order valence-corrected chi connectivity index (χ4v) is 3.86. The molecule has 2 aliphatic rings. The van der Waals surface area contributed by atoms with E-state index in [1.54, 1.807) is 12.1 Å². The van der Waals surface area contributed by atoms with Gasteiger partial charge in [-0.15, -0.1) is 0 Å². The van der Waals surface area contributed by atoms with E-state index in [0.29, 0.717) is 6.61 Å². The van der Waals surface area contributed by atoms with Gasteiger partial charge in [-0.25, -0.2) is 0 Å². The van der Waals surface area contributed by atoms with Gasteiger partial charge in [0.25, 0.3) is 5.69 Å². The standard InChI is InChI=1S/C17H15ClN2O3/c18-14-4-2-1-3-11(14)16-12-7-8-23-17(12)13-9-10(20(21)22)5-6-15(13)19-16/h1-6,9,12,16-17,19H,7-8H2/t12-,16+,17-/m1/s1. The SMILES string of the molecule is O=[N+]([O-])c1ccc2c(c1)[C@@H]1OCC[C@@H]1[C@H](c1ccccc1Cl)N2. The molecule has 4 rings (SSSR count). The summed E-state index contributed by atoms with van der Waals surface area (Å²) in [7, 11) is 0. The van der Waals surface area contributed by atoms with Crippen molar-refractivity contribution in [3.05, 3.63) is 68.7 Å². The number of nitro benzene ring substituents is 1. The molecule has 1 fully saturated rings. The highest BCUT2D eigenvalue weighted by Gasteiger charge is 2.42. The molecule has 6 heteroatoms.